The van der Waals surface area contributed by atoms with E-state index in [9.17, 15) is 4.79 Å². The summed E-state index contributed by atoms with van der Waals surface area (Å²) in [4.78, 5) is 22.5. The second-order valence-corrected chi connectivity index (χ2v) is 4.08. The van der Waals surface area contributed by atoms with E-state index in [-0.39, 0.29) is 0 Å². The molecule has 2 aromatic rings. The maximum absolute atomic E-state index is 11.0. The van der Waals surface area contributed by atoms with Crippen molar-refractivity contribution < 1.29 is 0 Å². The summed E-state index contributed by atoms with van der Waals surface area (Å²) in [5.41, 5.74) is 0.216. The molecule has 1 radical (unpaired) electrons. The number of nitrogens with zero attached hydrogens (tertiary/aromatic N) is 4. The van der Waals surface area contributed by atoms with E-state index in [4.69, 9.17) is 0 Å². The van der Waals surface area contributed by atoms with Gasteiger partial charge in [0.25, 0.3) is 0 Å². The summed E-state index contributed by atoms with van der Waals surface area (Å²) in [7, 11) is 0. The zero-order valence-electron chi connectivity index (χ0n) is 7.29. The molecule has 0 spiro atoms. The summed E-state index contributed by atoms with van der Waals surface area (Å²) in [5.74, 6) is 0.575. The summed E-state index contributed by atoms with van der Waals surface area (Å²) in [6.45, 7) is 0. The number of pyridine rings is 1. The molecular weight excluding hydrogens is 238 g/mol. The minimum atomic E-state index is -0.477. The van der Waals surface area contributed by atoms with Crippen molar-refractivity contribution in [3.8, 4) is 11.5 Å². The van der Waals surface area contributed by atoms with Crippen LogP contribution in [-0.4, -0.2) is 37.1 Å². The fraction of sp³-hybridized carbons (Fsp3) is 0. The van der Waals surface area contributed by atoms with Crippen molar-refractivity contribution in [2.75, 3.05) is 0 Å². The van der Waals surface area contributed by atoms with Crippen molar-refractivity contribution in [2.45, 2.75) is 0 Å². The van der Waals surface area contributed by atoms with Gasteiger partial charge in [0.15, 0.2) is 0 Å². The Morgan fingerprint density at radius 2 is 2.14 bits per heavy atom. The molecule has 14 heavy (non-hydrogen) atoms. The van der Waals surface area contributed by atoms with E-state index in [1.54, 1.807) is 9.47 Å². The van der Waals surface area contributed by atoms with Gasteiger partial charge in [0.2, 0.25) is 0 Å². The molecule has 2 heterocycles. The topological polar surface area (TPSA) is 60.7 Å². The van der Waals surface area contributed by atoms with Crippen LogP contribution in [0.15, 0.2) is 35.5 Å². The molecule has 0 saturated carbocycles. The summed E-state index contributed by atoms with van der Waals surface area (Å²) in [5, 5.41) is 0. The first-order valence-electron chi connectivity index (χ1n) is 3.95. The van der Waals surface area contributed by atoms with E-state index in [0.29, 0.717) is 11.5 Å². The molecule has 0 saturated heterocycles. The predicted molar refractivity (Wildman–Crippen MR) is 52.1 cm³/mol. The molecule has 0 N–H and O–H groups in total. The standard InChI is InChI=1S/C8H6N4O.Ga.H/c13-8-11-5-10-7(12-8)6-3-1-2-4-9-6;;/h1-5H,(H,10,11,12,13);;/q;+1;/p-1. The van der Waals surface area contributed by atoms with Crippen LogP contribution in [0, 0.1) is 0 Å². The van der Waals surface area contributed by atoms with Crippen LogP contribution in [0.4, 0.5) is 0 Å². The van der Waals surface area contributed by atoms with Crippen LogP contribution in [0.1, 0.15) is 0 Å². The molecule has 2 aromatic heterocycles. The Bertz CT molecular complexity index is 496. The molecule has 0 aliphatic rings. The summed E-state index contributed by atoms with van der Waals surface area (Å²) >= 11 is 0.826. The third-order valence-corrected chi connectivity index (χ3v) is 2.65. The van der Waals surface area contributed by atoms with Crippen molar-refractivity contribution in [3.05, 3.63) is 41.2 Å². The average Bonchev–Trinajstić information content (AvgIpc) is 2.23. The number of hydrogen-bond acceptors (Lipinski definition) is 4. The Morgan fingerprint density at radius 1 is 1.29 bits per heavy atom. The minimum absolute atomic E-state index is 0.477. The first-order chi connectivity index (χ1) is 6.77. The van der Waals surface area contributed by atoms with Crippen molar-refractivity contribution >= 4 is 18.8 Å². The van der Waals surface area contributed by atoms with Crippen molar-refractivity contribution in [1.82, 2.24) is 18.2 Å². The number of rotatable bonds is 1. The molecule has 0 atom stereocenters. The molecular formula is C8H6GaN4O. The van der Waals surface area contributed by atoms with Gasteiger partial charge in [-0.25, -0.2) is 0 Å². The van der Waals surface area contributed by atoms with E-state index >= 15 is 0 Å². The van der Waals surface area contributed by atoms with Gasteiger partial charge in [-0.05, 0) is 0 Å². The number of hydrogen-bond donors (Lipinski definition) is 0. The zero-order valence-corrected chi connectivity index (χ0v) is 10.3. The average molecular weight is 244 g/mol. The first kappa shape index (κ1) is 9.16. The second-order valence-electron chi connectivity index (χ2n) is 2.65. The van der Waals surface area contributed by atoms with Gasteiger partial charge >= 0.3 is 89.8 Å². The fourth-order valence-electron chi connectivity index (χ4n) is 1.06. The van der Waals surface area contributed by atoms with Gasteiger partial charge in [0.05, 0.1) is 0 Å². The Balaban J connectivity index is 2.62. The molecule has 0 aliphatic carbocycles. The molecule has 0 bridgehead atoms. The second kappa shape index (κ2) is 3.77. The summed E-state index contributed by atoms with van der Waals surface area (Å²) < 4.78 is 1.78. The van der Waals surface area contributed by atoms with E-state index < -0.39 is 5.69 Å². The van der Waals surface area contributed by atoms with Gasteiger partial charge < -0.3 is 0 Å². The van der Waals surface area contributed by atoms with Gasteiger partial charge in [-0.1, -0.05) is 0 Å². The molecule has 5 nitrogen and oxygen atoms in total. The predicted octanol–water partition coefficient (Wildman–Crippen LogP) is -0.636. The van der Waals surface area contributed by atoms with Crippen LogP contribution in [0.2, 0.25) is 0 Å². The molecule has 0 unspecified atom stereocenters. The van der Waals surface area contributed by atoms with E-state index in [0.717, 1.165) is 18.8 Å². The van der Waals surface area contributed by atoms with Gasteiger partial charge in [0.1, 0.15) is 0 Å². The Kier molecular flexibility index (Phi) is 2.46. The van der Waals surface area contributed by atoms with E-state index in [1.807, 2.05) is 18.2 Å². The molecule has 0 aromatic carbocycles. The quantitative estimate of drug-likeness (QED) is 0.626. The monoisotopic (exact) mass is 243 g/mol. The van der Waals surface area contributed by atoms with Crippen molar-refractivity contribution in [3.63, 3.8) is 0 Å². The third kappa shape index (κ3) is 1.75. The molecule has 0 amide bonds. The SMILES string of the molecule is O=c1nc[n]([GaH])c(-c2ccccn2)n1. The molecule has 0 fully saturated rings. The summed E-state index contributed by atoms with van der Waals surface area (Å²) in [6, 6.07) is 5.49. The Morgan fingerprint density at radius 3 is 2.86 bits per heavy atom. The van der Waals surface area contributed by atoms with E-state index in [1.165, 1.54) is 6.33 Å². The normalized spacial score (nSPS) is 10.0. The van der Waals surface area contributed by atoms with Crippen molar-refractivity contribution in [1.29, 1.82) is 0 Å². The number of aromatic nitrogens is 4. The third-order valence-electron chi connectivity index (χ3n) is 1.68. The van der Waals surface area contributed by atoms with Gasteiger partial charge in [-0.2, -0.15) is 0 Å². The van der Waals surface area contributed by atoms with Gasteiger partial charge in [-0.15, -0.1) is 0 Å². The first-order valence-corrected chi connectivity index (χ1v) is 5.28. The van der Waals surface area contributed by atoms with Crippen LogP contribution < -0.4 is 5.69 Å². The van der Waals surface area contributed by atoms with Crippen LogP contribution in [0.3, 0.4) is 0 Å². The Hall–Kier alpha value is -1.40. The van der Waals surface area contributed by atoms with Crippen LogP contribution in [0.5, 0.6) is 0 Å². The van der Waals surface area contributed by atoms with Gasteiger partial charge in [0, 0.05) is 0 Å². The van der Waals surface area contributed by atoms with Crippen LogP contribution >= 0.6 is 0 Å². The van der Waals surface area contributed by atoms with Gasteiger partial charge in [-0.3, -0.25) is 0 Å². The molecule has 67 valence electrons. The van der Waals surface area contributed by atoms with E-state index in [2.05, 4.69) is 15.0 Å². The zero-order chi connectivity index (χ0) is 9.97. The van der Waals surface area contributed by atoms with Crippen LogP contribution in [-0.2, 0) is 0 Å². The Labute approximate surface area is 90.0 Å². The van der Waals surface area contributed by atoms with Crippen LogP contribution in [0.25, 0.3) is 11.5 Å². The summed E-state index contributed by atoms with van der Waals surface area (Å²) in [6.07, 6.45) is 3.15. The molecule has 6 heteroatoms. The fourth-order valence-corrected chi connectivity index (χ4v) is 1.72. The van der Waals surface area contributed by atoms with Crippen molar-refractivity contribution in [2.24, 2.45) is 0 Å². The molecule has 2 rings (SSSR count). The maximum atomic E-state index is 11.0. The molecule has 0 aliphatic heterocycles.